The summed E-state index contributed by atoms with van der Waals surface area (Å²) >= 11 is 0. The highest BCUT2D eigenvalue weighted by atomic mass is 16.6. The maximum absolute atomic E-state index is 12.9. The van der Waals surface area contributed by atoms with Gasteiger partial charge in [0.15, 0.2) is 5.82 Å². The van der Waals surface area contributed by atoms with Crippen LogP contribution in [0.3, 0.4) is 0 Å². The van der Waals surface area contributed by atoms with Gasteiger partial charge in [0.1, 0.15) is 11.4 Å². The summed E-state index contributed by atoms with van der Waals surface area (Å²) in [6.07, 6.45) is 5.85. The van der Waals surface area contributed by atoms with Gasteiger partial charge in [0.25, 0.3) is 0 Å². The average molecular weight is 446 g/mol. The molecule has 0 saturated heterocycles. The number of rotatable bonds is 2. The molecule has 3 aromatic rings. The lowest BCUT2D eigenvalue weighted by Crippen LogP contribution is -2.35. The standard InChI is InChI=1S/C26H31N5O2/c1-26(2,3)33-25(32)30-16-20-8-4-5-10-22(20)31-23(17-30)28-29-24(31)19-13-11-18(12-14-19)21-9-6-7-15-27-21/h4-10,15,18-19H,11-14,16-17H2,1-3H3. The normalized spacial score (nSPS) is 20.5. The average Bonchev–Trinajstić information content (AvgIpc) is 3.14. The van der Waals surface area contributed by atoms with Crippen LogP contribution in [0.15, 0.2) is 48.7 Å². The molecular weight excluding hydrogens is 414 g/mol. The van der Waals surface area contributed by atoms with Crippen molar-refractivity contribution in [1.82, 2.24) is 24.6 Å². The number of hydrogen-bond acceptors (Lipinski definition) is 5. The summed E-state index contributed by atoms with van der Waals surface area (Å²) in [5, 5.41) is 9.19. The molecule has 1 amide bonds. The third kappa shape index (κ3) is 4.49. The zero-order valence-corrected chi connectivity index (χ0v) is 19.6. The van der Waals surface area contributed by atoms with Crippen molar-refractivity contribution in [3.8, 4) is 5.69 Å². The van der Waals surface area contributed by atoms with E-state index in [0.29, 0.717) is 24.9 Å². The van der Waals surface area contributed by atoms with E-state index in [2.05, 4.69) is 44.0 Å². The smallest absolute Gasteiger partial charge is 0.411 e. The Hall–Kier alpha value is -3.22. The van der Waals surface area contributed by atoms with E-state index in [1.165, 1.54) is 5.69 Å². The van der Waals surface area contributed by atoms with Crippen molar-refractivity contribution in [1.29, 1.82) is 0 Å². The summed E-state index contributed by atoms with van der Waals surface area (Å²) in [6.45, 7) is 6.52. The van der Waals surface area contributed by atoms with Gasteiger partial charge in [0.05, 0.1) is 18.8 Å². The maximum atomic E-state index is 12.9. The summed E-state index contributed by atoms with van der Waals surface area (Å²) in [5.74, 6) is 2.63. The van der Waals surface area contributed by atoms with E-state index in [1.807, 2.05) is 45.2 Å². The minimum absolute atomic E-state index is 0.328. The molecule has 0 spiro atoms. The summed E-state index contributed by atoms with van der Waals surface area (Å²) in [4.78, 5) is 19.2. The molecule has 3 heterocycles. The number of amides is 1. The van der Waals surface area contributed by atoms with Crippen molar-refractivity contribution in [2.24, 2.45) is 0 Å². The first-order valence-electron chi connectivity index (χ1n) is 11.8. The highest BCUT2D eigenvalue weighted by Crippen LogP contribution is 2.40. The predicted octanol–water partition coefficient (Wildman–Crippen LogP) is 5.35. The Morgan fingerprint density at radius 2 is 1.67 bits per heavy atom. The number of carbonyl (C=O) groups is 1. The van der Waals surface area contributed by atoms with Crippen molar-refractivity contribution in [3.63, 3.8) is 0 Å². The Labute approximate surface area is 194 Å². The second kappa shape index (κ2) is 8.61. The van der Waals surface area contributed by atoms with Gasteiger partial charge in [-0.3, -0.25) is 14.5 Å². The fraction of sp³-hybridized carbons (Fsp3) is 0.462. The highest BCUT2D eigenvalue weighted by Gasteiger charge is 2.33. The van der Waals surface area contributed by atoms with Gasteiger partial charge in [-0.25, -0.2) is 4.79 Å². The molecule has 1 saturated carbocycles. The van der Waals surface area contributed by atoms with Crippen LogP contribution in [0, 0.1) is 0 Å². The third-order valence-electron chi connectivity index (χ3n) is 6.53. The number of nitrogens with zero attached hydrogens (tertiary/aromatic N) is 5. The number of carbonyl (C=O) groups excluding carboxylic acids is 1. The number of fused-ring (bicyclic) bond motifs is 3. The number of aromatic nitrogens is 4. The largest absolute Gasteiger partial charge is 0.444 e. The molecule has 5 rings (SSSR count). The van der Waals surface area contributed by atoms with Crippen molar-refractivity contribution in [2.45, 2.75) is 77.0 Å². The first-order valence-corrected chi connectivity index (χ1v) is 11.8. The van der Waals surface area contributed by atoms with Crippen LogP contribution in [-0.4, -0.2) is 36.3 Å². The SMILES string of the molecule is CC(C)(C)OC(=O)N1Cc2ccccc2-n2c(nnc2C2CCC(c3ccccn3)CC2)C1. The van der Waals surface area contributed by atoms with Crippen molar-refractivity contribution < 1.29 is 9.53 Å². The predicted molar refractivity (Wildman–Crippen MR) is 125 cm³/mol. The first-order chi connectivity index (χ1) is 15.9. The van der Waals surface area contributed by atoms with Gasteiger partial charge in [0, 0.05) is 23.7 Å². The van der Waals surface area contributed by atoms with E-state index in [1.54, 1.807) is 4.90 Å². The van der Waals surface area contributed by atoms with E-state index in [9.17, 15) is 4.79 Å². The molecule has 0 radical (unpaired) electrons. The highest BCUT2D eigenvalue weighted by molar-refractivity contribution is 5.68. The molecular formula is C26H31N5O2. The van der Waals surface area contributed by atoms with Gasteiger partial charge >= 0.3 is 6.09 Å². The number of hydrogen-bond donors (Lipinski definition) is 0. The summed E-state index contributed by atoms with van der Waals surface area (Å²) < 4.78 is 7.85. The zero-order chi connectivity index (χ0) is 23.0. The Bertz CT molecular complexity index is 1130. The van der Waals surface area contributed by atoms with E-state index in [0.717, 1.165) is 48.6 Å². The van der Waals surface area contributed by atoms with Crippen LogP contribution in [0.1, 0.15) is 81.2 Å². The van der Waals surface area contributed by atoms with Crippen LogP contribution in [0.5, 0.6) is 0 Å². The topological polar surface area (TPSA) is 73.1 Å². The fourth-order valence-electron chi connectivity index (χ4n) is 4.97. The van der Waals surface area contributed by atoms with Gasteiger partial charge in [-0.1, -0.05) is 24.3 Å². The zero-order valence-electron chi connectivity index (χ0n) is 19.6. The molecule has 0 bridgehead atoms. The summed E-state index contributed by atoms with van der Waals surface area (Å²) in [6, 6.07) is 14.4. The lowest BCUT2D eigenvalue weighted by Gasteiger charge is -2.28. The molecule has 0 unspecified atom stereocenters. The Morgan fingerprint density at radius 1 is 0.939 bits per heavy atom. The van der Waals surface area contributed by atoms with Crippen LogP contribution in [0.25, 0.3) is 5.69 Å². The number of pyridine rings is 1. The van der Waals surface area contributed by atoms with Gasteiger partial charge in [0.2, 0.25) is 0 Å². The number of ether oxygens (including phenoxy) is 1. The first kappa shape index (κ1) is 21.6. The second-order valence-electron chi connectivity index (χ2n) is 10.1. The van der Waals surface area contributed by atoms with Crippen LogP contribution in [-0.2, 0) is 17.8 Å². The van der Waals surface area contributed by atoms with Gasteiger partial charge in [-0.05, 0) is 70.2 Å². The molecule has 172 valence electrons. The van der Waals surface area contributed by atoms with Crippen molar-refractivity contribution in [3.05, 3.63) is 71.6 Å². The third-order valence-corrected chi connectivity index (χ3v) is 6.53. The van der Waals surface area contributed by atoms with Crippen LogP contribution < -0.4 is 0 Å². The fourth-order valence-corrected chi connectivity index (χ4v) is 4.97. The molecule has 7 heteroatoms. The minimum Gasteiger partial charge on any atom is -0.444 e. The molecule has 33 heavy (non-hydrogen) atoms. The summed E-state index contributed by atoms with van der Waals surface area (Å²) in [7, 11) is 0. The molecule has 7 nitrogen and oxygen atoms in total. The van der Waals surface area contributed by atoms with E-state index in [-0.39, 0.29) is 6.09 Å². The van der Waals surface area contributed by atoms with Gasteiger partial charge in [-0.2, -0.15) is 0 Å². The van der Waals surface area contributed by atoms with Crippen LogP contribution >= 0.6 is 0 Å². The van der Waals surface area contributed by atoms with E-state index in [4.69, 9.17) is 4.74 Å². The molecule has 2 aromatic heterocycles. The van der Waals surface area contributed by atoms with Gasteiger partial charge in [-0.15, -0.1) is 10.2 Å². The van der Waals surface area contributed by atoms with E-state index < -0.39 is 5.60 Å². The number of para-hydroxylation sites is 1. The monoisotopic (exact) mass is 445 g/mol. The van der Waals surface area contributed by atoms with Crippen LogP contribution in [0.4, 0.5) is 4.79 Å². The molecule has 1 fully saturated rings. The van der Waals surface area contributed by atoms with Crippen molar-refractivity contribution >= 4 is 6.09 Å². The minimum atomic E-state index is -0.548. The van der Waals surface area contributed by atoms with Crippen LogP contribution in [0.2, 0.25) is 0 Å². The Kier molecular flexibility index (Phi) is 5.64. The lowest BCUT2D eigenvalue weighted by atomic mass is 9.80. The van der Waals surface area contributed by atoms with E-state index >= 15 is 0 Å². The lowest BCUT2D eigenvalue weighted by molar-refractivity contribution is 0.0214. The molecule has 2 aliphatic rings. The molecule has 1 aromatic carbocycles. The quantitative estimate of drug-likeness (QED) is 0.531. The second-order valence-corrected chi connectivity index (χ2v) is 10.1. The van der Waals surface area contributed by atoms with Crippen molar-refractivity contribution in [2.75, 3.05) is 0 Å². The molecule has 1 aliphatic heterocycles. The Balaban J connectivity index is 1.42. The molecule has 1 aliphatic carbocycles. The van der Waals surface area contributed by atoms with Gasteiger partial charge < -0.3 is 4.74 Å². The number of benzene rings is 1. The maximum Gasteiger partial charge on any atom is 0.411 e. The molecule has 0 atom stereocenters. The molecule has 0 N–H and O–H groups in total. The Morgan fingerprint density at radius 3 is 2.39 bits per heavy atom. The summed E-state index contributed by atoms with van der Waals surface area (Å²) in [5.41, 5.74) is 2.78.